The van der Waals surface area contributed by atoms with Gasteiger partial charge in [0.2, 0.25) is 0 Å². The monoisotopic (exact) mass is 377 g/mol. The molecule has 144 valence electrons. The molecule has 4 N–H and O–H groups in total. The van der Waals surface area contributed by atoms with E-state index in [0.717, 1.165) is 11.3 Å². The van der Waals surface area contributed by atoms with Gasteiger partial charge < -0.3 is 21.3 Å². The predicted molar refractivity (Wildman–Crippen MR) is 111 cm³/mol. The van der Waals surface area contributed by atoms with Crippen LogP contribution in [0.3, 0.4) is 0 Å². The van der Waals surface area contributed by atoms with Crippen molar-refractivity contribution in [1.82, 2.24) is 20.5 Å². The lowest BCUT2D eigenvalue weighted by molar-refractivity contribution is 0.252. The first kappa shape index (κ1) is 19.1. The number of hydrogen-bond donors (Lipinski definition) is 4. The molecular weight excluding hydrogens is 354 g/mol. The van der Waals surface area contributed by atoms with E-state index in [4.69, 9.17) is 0 Å². The Morgan fingerprint density at radius 1 is 0.893 bits per heavy atom. The number of carbonyl (C=O) groups excluding carboxylic acids is 1. The molecular formula is C20H23N7O. The summed E-state index contributed by atoms with van der Waals surface area (Å²) < 4.78 is 0. The summed E-state index contributed by atoms with van der Waals surface area (Å²) in [5, 5.41) is 20.0. The second kappa shape index (κ2) is 9.31. The van der Waals surface area contributed by atoms with Crippen LogP contribution in [0.4, 0.5) is 27.9 Å². The van der Waals surface area contributed by atoms with Crippen LogP contribution in [0.2, 0.25) is 0 Å². The summed E-state index contributed by atoms with van der Waals surface area (Å²) in [6.07, 6.45) is 1.70. The molecule has 8 nitrogen and oxygen atoms in total. The molecule has 0 aliphatic heterocycles. The second-order valence-electron chi connectivity index (χ2n) is 6.25. The number of aryl methyl sites for hydroxylation is 2. The number of amides is 2. The van der Waals surface area contributed by atoms with Crippen LogP contribution in [0.1, 0.15) is 11.1 Å². The van der Waals surface area contributed by atoms with Gasteiger partial charge in [0, 0.05) is 25.0 Å². The lowest BCUT2D eigenvalue weighted by atomic mass is 10.1. The maximum Gasteiger partial charge on any atom is 0.319 e. The first-order valence-electron chi connectivity index (χ1n) is 8.98. The van der Waals surface area contributed by atoms with Crippen LogP contribution in [0, 0.1) is 13.8 Å². The van der Waals surface area contributed by atoms with Crippen molar-refractivity contribution in [2.75, 3.05) is 29.0 Å². The van der Waals surface area contributed by atoms with Crippen LogP contribution in [-0.4, -0.2) is 34.3 Å². The number of anilines is 4. The van der Waals surface area contributed by atoms with Crippen molar-refractivity contribution in [2.45, 2.75) is 13.8 Å². The van der Waals surface area contributed by atoms with E-state index in [0.29, 0.717) is 30.5 Å². The Bertz CT molecular complexity index is 914. The van der Waals surface area contributed by atoms with Crippen molar-refractivity contribution in [3.8, 4) is 0 Å². The summed E-state index contributed by atoms with van der Waals surface area (Å²) >= 11 is 0. The van der Waals surface area contributed by atoms with E-state index >= 15 is 0 Å². The van der Waals surface area contributed by atoms with Crippen molar-refractivity contribution in [3.05, 3.63) is 65.9 Å². The summed E-state index contributed by atoms with van der Waals surface area (Å²) in [7, 11) is 0. The molecule has 0 unspecified atom stereocenters. The zero-order valence-electron chi connectivity index (χ0n) is 15.9. The van der Waals surface area contributed by atoms with Crippen LogP contribution in [0.5, 0.6) is 0 Å². The first-order valence-corrected chi connectivity index (χ1v) is 8.98. The SMILES string of the molecule is Cc1ccc(NC(=O)NCCNc2ccc(Nc3ccccn3)nn2)cc1C. The molecule has 0 aliphatic rings. The summed E-state index contributed by atoms with van der Waals surface area (Å²) in [5.74, 6) is 1.94. The highest BCUT2D eigenvalue weighted by Gasteiger charge is 2.03. The normalized spacial score (nSPS) is 10.2. The highest BCUT2D eigenvalue weighted by atomic mass is 16.2. The van der Waals surface area contributed by atoms with Crippen molar-refractivity contribution in [3.63, 3.8) is 0 Å². The Kier molecular flexibility index (Phi) is 6.35. The third-order valence-electron chi connectivity index (χ3n) is 4.07. The number of carbonyl (C=O) groups is 1. The lowest BCUT2D eigenvalue weighted by Crippen LogP contribution is -2.32. The first-order chi connectivity index (χ1) is 13.6. The molecule has 0 atom stereocenters. The molecule has 2 aromatic heterocycles. The summed E-state index contributed by atoms with van der Waals surface area (Å²) in [4.78, 5) is 16.1. The maximum absolute atomic E-state index is 11.9. The topological polar surface area (TPSA) is 104 Å². The van der Waals surface area contributed by atoms with Crippen LogP contribution < -0.4 is 21.3 Å². The fourth-order valence-corrected chi connectivity index (χ4v) is 2.42. The third kappa shape index (κ3) is 5.66. The van der Waals surface area contributed by atoms with E-state index in [1.54, 1.807) is 6.20 Å². The van der Waals surface area contributed by atoms with E-state index in [1.807, 2.05) is 62.4 Å². The minimum absolute atomic E-state index is 0.244. The summed E-state index contributed by atoms with van der Waals surface area (Å²) in [5.41, 5.74) is 3.10. The quantitative estimate of drug-likeness (QED) is 0.470. The van der Waals surface area contributed by atoms with Gasteiger partial charge in [-0.3, -0.25) is 0 Å². The highest BCUT2D eigenvalue weighted by Crippen LogP contribution is 2.14. The van der Waals surface area contributed by atoms with E-state index in [2.05, 4.69) is 36.4 Å². The molecule has 0 spiro atoms. The number of hydrogen-bond acceptors (Lipinski definition) is 6. The summed E-state index contributed by atoms with van der Waals surface area (Å²) in [6, 6.07) is 14.8. The number of rotatable bonds is 7. The van der Waals surface area contributed by atoms with Gasteiger partial charge in [0.1, 0.15) is 11.6 Å². The van der Waals surface area contributed by atoms with Gasteiger partial charge >= 0.3 is 6.03 Å². The molecule has 0 bridgehead atoms. The van der Waals surface area contributed by atoms with E-state index in [-0.39, 0.29) is 6.03 Å². The van der Waals surface area contributed by atoms with E-state index in [9.17, 15) is 4.79 Å². The van der Waals surface area contributed by atoms with Crippen LogP contribution in [-0.2, 0) is 0 Å². The fraction of sp³-hybridized carbons (Fsp3) is 0.200. The Labute approximate surface area is 163 Å². The predicted octanol–water partition coefficient (Wildman–Crippen LogP) is 3.47. The van der Waals surface area contributed by atoms with Crippen molar-refractivity contribution >= 4 is 29.2 Å². The fourth-order valence-electron chi connectivity index (χ4n) is 2.42. The van der Waals surface area contributed by atoms with Crippen LogP contribution in [0.15, 0.2) is 54.7 Å². The Hall–Kier alpha value is -3.68. The Morgan fingerprint density at radius 3 is 2.43 bits per heavy atom. The molecule has 8 heteroatoms. The van der Waals surface area contributed by atoms with Crippen molar-refractivity contribution in [2.24, 2.45) is 0 Å². The maximum atomic E-state index is 11.9. The van der Waals surface area contributed by atoms with Crippen LogP contribution >= 0.6 is 0 Å². The summed E-state index contributed by atoms with van der Waals surface area (Å²) in [6.45, 7) is 5.03. The Morgan fingerprint density at radius 2 is 1.71 bits per heavy atom. The number of pyridine rings is 1. The minimum Gasteiger partial charge on any atom is -0.367 e. The Balaban J connectivity index is 1.38. The molecule has 2 amide bonds. The van der Waals surface area contributed by atoms with Gasteiger partial charge in [0.05, 0.1) is 0 Å². The third-order valence-corrected chi connectivity index (χ3v) is 4.07. The molecule has 1 aromatic carbocycles. The molecule has 28 heavy (non-hydrogen) atoms. The van der Waals surface area contributed by atoms with Crippen LogP contribution in [0.25, 0.3) is 0 Å². The number of nitrogens with one attached hydrogen (secondary N) is 4. The zero-order valence-corrected chi connectivity index (χ0v) is 15.9. The smallest absolute Gasteiger partial charge is 0.319 e. The zero-order chi connectivity index (χ0) is 19.8. The number of benzene rings is 1. The van der Waals surface area contributed by atoms with Gasteiger partial charge in [0.25, 0.3) is 0 Å². The van der Waals surface area contributed by atoms with Gasteiger partial charge in [-0.2, -0.15) is 0 Å². The molecule has 0 aliphatic carbocycles. The molecule has 2 heterocycles. The van der Waals surface area contributed by atoms with E-state index in [1.165, 1.54) is 5.56 Å². The number of nitrogens with zero attached hydrogens (tertiary/aromatic N) is 3. The van der Waals surface area contributed by atoms with Gasteiger partial charge in [-0.05, 0) is 61.4 Å². The highest BCUT2D eigenvalue weighted by molar-refractivity contribution is 5.89. The average Bonchev–Trinajstić information content (AvgIpc) is 2.70. The second-order valence-corrected chi connectivity index (χ2v) is 6.25. The van der Waals surface area contributed by atoms with Gasteiger partial charge in [-0.1, -0.05) is 12.1 Å². The average molecular weight is 377 g/mol. The van der Waals surface area contributed by atoms with Crippen molar-refractivity contribution < 1.29 is 4.79 Å². The number of urea groups is 1. The van der Waals surface area contributed by atoms with E-state index < -0.39 is 0 Å². The molecule has 0 saturated heterocycles. The van der Waals surface area contributed by atoms with Gasteiger partial charge in [0.15, 0.2) is 5.82 Å². The standard InChI is InChI=1S/C20H23N7O/c1-14-6-7-16(13-15(14)2)24-20(28)23-12-11-22-18-8-9-19(27-26-18)25-17-5-3-4-10-21-17/h3-10,13H,11-12H2,1-2H3,(H,22,26)(H,21,25,27)(H2,23,24,28). The minimum atomic E-state index is -0.244. The largest absolute Gasteiger partial charge is 0.367 e. The molecule has 0 fully saturated rings. The molecule has 0 radical (unpaired) electrons. The van der Waals surface area contributed by atoms with Gasteiger partial charge in [-0.25, -0.2) is 9.78 Å². The molecule has 0 saturated carbocycles. The van der Waals surface area contributed by atoms with Gasteiger partial charge in [-0.15, -0.1) is 10.2 Å². The number of aromatic nitrogens is 3. The van der Waals surface area contributed by atoms with Crippen molar-refractivity contribution in [1.29, 1.82) is 0 Å². The molecule has 3 aromatic rings. The molecule has 3 rings (SSSR count). The lowest BCUT2D eigenvalue weighted by Gasteiger charge is -2.10.